The molecule has 0 saturated heterocycles. The Bertz CT molecular complexity index is 418. The number of hydrogen-bond acceptors (Lipinski definition) is 0. The normalized spacial score (nSPS) is 22.2. The van der Waals surface area contributed by atoms with E-state index in [0.717, 1.165) is 10.8 Å². The molecule has 1 aliphatic heterocycles. The first-order valence-corrected chi connectivity index (χ1v) is 7.11. The van der Waals surface area contributed by atoms with Crippen molar-refractivity contribution in [3.63, 3.8) is 0 Å². The standard InChI is InChI=1S/C14H16ClS/c1-14(2,16-10-6-9-13(16)15)11-12-7-4-3-5-8-12/h3-10,16H,1,11H2,2H3. The van der Waals surface area contributed by atoms with Gasteiger partial charge < -0.3 is 0 Å². The van der Waals surface area contributed by atoms with Gasteiger partial charge in [-0.2, -0.15) is 10.9 Å². The van der Waals surface area contributed by atoms with Gasteiger partial charge in [-0.25, -0.2) is 0 Å². The lowest BCUT2D eigenvalue weighted by Crippen LogP contribution is -2.22. The van der Waals surface area contributed by atoms with Crippen LogP contribution in [0, 0.1) is 6.92 Å². The van der Waals surface area contributed by atoms with Crippen LogP contribution in [0.5, 0.6) is 0 Å². The summed E-state index contributed by atoms with van der Waals surface area (Å²) < 4.78 is 0.945. The quantitative estimate of drug-likeness (QED) is 0.755. The summed E-state index contributed by atoms with van der Waals surface area (Å²) in [6.07, 6.45) is 5.00. The van der Waals surface area contributed by atoms with E-state index >= 15 is 0 Å². The van der Waals surface area contributed by atoms with E-state index in [4.69, 9.17) is 11.6 Å². The molecule has 0 saturated carbocycles. The van der Waals surface area contributed by atoms with E-state index in [1.807, 2.05) is 18.2 Å². The maximum absolute atomic E-state index is 6.22. The molecule has 1 aromatic rings. The first-order valence-electron chi connectivity index (χ1n) is 5.32. The SMILES string of the molecule is [CH2]C(C)(Cc1ccccc1)[SH]1C=CC=C1Cl. The molecule has 0 aliphatic carbocycles. The van der Waals surface area contributed by atoms with E-state index in [-0.39, 0.29) is 4.75 Å². The largest absolute Gasteiger partial charge is 0.190 e. The van der Waals surface area contributed by atoms with Crippen LogP contribution in [0.25, 0.3) is 0 Å². The highest BCUT2D eigenvalue weighted by atomic mass is 35.5. The predicted molar refractivity (Wildman–Crippen MR) is 76.0 cm³/mol. The van der Waals surface area contributed by atoms with Crippen molar-refractivity contribution in [2.24, 2.45) is 0 Å². The summed E-state index contributed by atoms with van der Waals surface area (Å²) >= 11 is 6.22. The summed E-state index contributed by atoms with van der Waals surface area (Å²) in [5, 5.41) is 2.20. The fourth-order valence-corrected chi connectivity index (χ4v) is 4.65. The topological polar surface area (TPSA) is 0 Å². The molecule has 1 aliphatic rings. The Kier molecular flexibility index (Phi) is 3.46. The highest BCUT2D eigenvalue weighted by Gasteiger charge is 2.28. The molecular formula is C14H16ClS. The summed E-state index contributed by atoms with van der Waals surface area (Å²) in [6.45, 7) is 6.54. The zero-order valence-electron chi connectivity index (χ0n) is 9.36. The molecular weight excluding hydrogens is 236 g/mol. The second-order valence-electron chi connectivity index (χ2n) is 4.36. The van der Waals surface area contributed by atoms with Crippen LogP contribution in [0.4, 0.5) is 0 Å². The van der Waals surface area contributed by atoms with Gasteiger partial charge in [0, 0.05) is 4.75 Å². The Morgan fingerprint density at radius 1 is 1.31 bits per heavy atom. The highest BCUT2D eigenvalue weighted by Crippen LogP contribution is 2.54. The zero-order chi connectivity index (χ0) is 11.6. The van der Waals surface area contributed by atoms with E-state index < -0.39 is 10.9 Å². The third-order valence-corrected chi connectivity index (χ3v) is 5.78. The van der Waals surface area contributed by atoms with Crippen LogP contribution in [-0.4, -0.2) is 4.75 Å². The Morgan fingerprint density at radius 2 is 2.00 bits per heavy atom. The third kappa shape index (κ3) is 2.53. The van der Waals surface area contributed by atoms with Crippen molar-refractivity contribution >= 4 is 22.5 Å². The molecule has 0 bridgehead atoms. The summed E-state index contributed by atoms with van der Waals surface area (Å²) in [5.41, 5.74) is 1.33. The van der Waals surface area contributed by atoms with Gasteiger partial charge >= 0.3 is 0 Å². The van der Waals surface area contributed by atoms with Gasteiger partial charge in [0.2, 0.25) is 0 Å². The number of thiol groups is 1. The number of rotatable bonds is 3. The van der Waals surface area contributed by atoms with Crippen LogP contribution in [0.15, 0.2) is 52.3 Å². The van der Waals surface area contributed by atoms with Crippen molar-refractivity contribution in [1.29, 1.82) is 0 Å². The number of hydrogen-bond donors (Lipinski definition) is 1. The predicted octanol–water partition coefficient (Wildman–Crippen LogP) is 4.43. The molecule has 1 radical (unpaired) electrons. The fraction of sp³-hybridized carbons (Fsp3) is 0.214. The molecule has 0 spiro atoms. The lowest BCUT2D eigenvalue weighted by molar-refractivity contribution is 0.778. The lowest BCUT2D eigenvalue weighted by Gasteiger charge is -2.34. The molecule has 16 heavy (non-hydrogen) atoms. The monoisotopic (exact) mass is 251 g/mol. The molecule has 0 amide bonds. The number of benzene rings is 1. The van der Waals surface area contributed by atoms with Crippen LogP contribution in [-0.2, 0) is 6.42 Å². The highest BCUT2D eigenvalue weighted by molar-refractivity contribution is 8.25. The molecule has 0 N–H and O–H groups in total. The lowest BCUT2D eigenvalue weighted by atomic mass is 10.0. The van der Waals surface area contributed by atoms with E-state index in [0.29, 0.717) is 0 Å². The van der Waals surface area contributed by atoms with E-state index in [1.165, 1.54) is 5.56 Å². The molecule has 0 aromatic heterocycles. The maximum Gasteiger partial charge on any atom is 0.0579 e. The number of allylic oxidation sites excluding steroid dienone is 2. The van der Waals surface area contributed by atoms with Crippen molar-refractivity contribution in [3.05, 3.63) is 64.7 Å². The van der Waals surface area contributed by atoms with E-state index in [2.05, 4.69) is 43.5 Å². The van der Waals surface area contributed by atoms with Crippen LogP contribution >= 0.6 is 22.5 Å². The second-order valence-corrected chi connectivity index (χ2v) is 7.63. The minimum absolute atomic E-state index is 0.0166. The van der Waals surface area contributed by atoms with Gasteiger partial charge in [-0.3, -0.25) is 0 Å². The first-order chi connectivity index (χ1) is 7.59. The Hall–Kier alpha value is -0.660. The van der Waals surface area contributed by atoms with Gasteiger partial charge in [0.15, 0.2) is 0 Å². The summed E-state index contributed by atoms with van der Waals surface area (Å²) in [4.78, 5) is 0. The van der Waals surface area contributed by atoms with Crippen molar-refractivity contribution in [1.82, 2.24) is 0 Å². The molecule has 2 heteroatoms. The van der Waals surface area contributed by atoms with E-state index in [9.17, 15) is 0 Å². The van der Waals surface area contributed by atoms with Gasteiger partial charge in [-0.15, -0.1) is 0 Å². The van der Waals surface area contributed by atoms with Crippen LogP contribution < -0.4 is 0 Å². The smallest absolute Gasteiger partial charge is 0.0579 e. The minimum atomic E-state index is -0.438. The van der Waals surface area contributed by atoms with Gasteiger partial charge in [0.05, 0.1) is 4.36 Å². The van der Waals surface area contributed by atoms with Gasteiger partial charge in [0.25, 0.3) is 0 Å². The van der Waals surface area contributed by atoms with Crippen molar-refractivity contribution in [2.45, 2.75) is 18.1 Å². The summed E-state index contributed by atoms with van der Waals surface area (Å²) in [6, 6.07) is 10.5. The second kappa shape index (κ2) is 4.68. The fourth-order valence-electron chi connectivity index (χ4n) is 1.92. The van der Waals surface area contributed by atoms with E-state index in [1.54, 1.807) is 0 Å². The molecule has 2 unspecified atom stereocenters. The minimum Gasteiger partial charge on any atom is -0.190 e. The average Bonchev–Trinajstić information content (AvgIpc) is 2.66. The number of halogens is 1. The average molecular weight is 252 g/mol. The molecule has 1 heterocycles. The molecule has 2 atom stereocenters. The van der Waals surface area contributed by atoms with Gasteiger partial charge in [-0.05, 0) is 30.4 Å². The summed E-state index contributed by atoms with van der Waals surface area (Å²) in [7, 11) is -0.438. The Morgan fingerprint density at radius 3 is 2.56 bits per heavy atom. The Labute approximate surface area is 105 Å². The summed E-state index contributed by atoms with van der Waals surface area (Å²) in [5.74, 6) is 0. The molecule has 85 valence electrons. The van der Waals surface area contributed by atoms with Crippen LogP contribution in [0.3, 0.4) is 0 Å². The van der Waals surface area contributed by atoms with Crippen molar-refractivity contribution < 1.29 is 0 Å². The molecule has 0 nitrogen and oxygen atoms in total. The molecule has 1 aromatic carbocycles. The van der Waals surface area contributed by atoms with Crippen LogP contribution in [0.1, 0.15) is 12.5 Å². The first kappa shape index (κ1) is 11.8. The molecule has 0 fully saturated rings. The van der Waals surface area contributed by atoms with Crippen LogP contribution in [0.2, 0.25) is 0 Å². The van der Waals surface area contributed by atoms with Gasteiger partial charge in [0.1, 0.15) is 0 Å². The maximum atomic E-state index is 6.22. The Balaban J connectivity index is 2.14. The van der Waals surface area contributed by atoms with Crippen molar-refractivity contribution in [3.8, 4) is 0 Å². The molecule has 2 rings (SSSR count). The van der Waals surface area contributed by atoms with Crippen molar-refractivity contribution in [2.75, 3.05) is 0 Å². The zero-order valence-corrected chi connectivity index (χ0v) is 11.0. The third-order valence-electron chi connectivity index (χ3n) is 2.71. The van der Waals surface area contributed by atoms with Gasteiger partial charge in [-0.1, -0.05) is 54.9 Å².